The summed E-state index contributed by atoms with van der Waals surface area (Å²) in [6, 6.07) is 5.12. The number of carboxylic acid groups (broad SMARTS) is 1. The molecule has 1 N–H and O–H groups in total. The van der Waals surface area contributed by atoms with Crippen molar-refractivity contribution < 1.29 is 9.90 Å². The molecule has 0 saturated carbocycles. The molecule has 88 valence electrons. The number of nitrogens with zero attached hydrogens (tertiary/aromatic N) is 1. The number of hydrogen-bond acceptors (Lipinski definition) is 3. The molecule has 0 fully saturated rings. The molecule has 1 aromatic heterocycles. The Morgan fingerprint density at radius 3 is 2.41 bits per heavy atom. The lowest BCUT2D eigenvalue weighted by Gasteiger charge is -2.02. The minimum atomic E-state index is -0.991. The highest BCUT2D eigenvalue weighted by Gasteiger charge is 2.18. The molecule has 0 spiro atoms. The number of halogens is 2. The summed E-state index contributed by atoms with van der Waals surface area (Å²) in [5.74, 6) is -0.991. The van der Waals surface area contributed by atoms with E-state index in [1.807, 2.05) is 0 Å². The van der Waals surface area contributed by atoms with Crippen molar-refractivity contribution in [1.82, 2.24) is 4.98 Å². The molecule has 0 radical (unpaired) electrons. The Bertz CT molecular complexity index is 575. The molecule has 0 atom stereocenters. The maximum absolute atomic E-state index is 10.9. The van der Waals surface area contributed by atoms with Gasteiger partial charge >= 0.3 is 5.97 Å². The van der Waals surface area contributed by atoms with Crippen molar-refractivity contribution in [2.75, 3.05) is 0 Å². The van der Waals surface area contributed by atoms with Crippen LogP contribution in [0.15, 0.2) is 18.2 Å². The number of benzene rings is 1. The highest BCUT2D eigenvalue weighted by Crippen LogP contribution is 2.37. The minimum absolute atomic E-state index is 0.205. The minimum Gasteiger partial charge on any atom is -0.477 e. The van der Waals surface area contributed by atoms with Gasteiger partial charge in [-0.3, -0.25) is 0 Å². The van der Waals surface area contributed by atoms with E-state index in [0.717, 1.165) is 11.3 Å². The summed E-state index contributed by atoms with van der Waals surface area (Å²) in [5.41, 5.74) is 1.05. The molecule has 2 rings (SSSR count). The Morgan fingerprint density at radius 2 is 1.94 bits per heavy atom. The van der Waals surface area contributed by atoms with Gasteiger partial charge in [0.2, 0.25) is 0 Å². The standard InChI is InChI=1S/C11H7Cl2NO2S/c1-5-9(11(15)16)17-10(14-5)8-6(12)3-2-4-7(8)13/h2-4H,1H3,(H,15,16). The molecule has 3 nitrogen and oxygen atoms in total. The summed E-state index contributed by atoms with van der Waals surface area (Å²) < 4.78 is 0. The number of aromatic carboxylic acids is 1. The number of aryl methyl sites for hydroxylation is 1. The van der Waals surface area contributed by atoms with Crippen molar-refractivity contribution in [2.24, 2.45) is 0 Å². The Balaban J connectivity index is 2.62. The van der Waals surface area contributed by atoms with E-state index in [-0.39, 0.29) is 4.88 Å². The average Bonchev–Trinajstić information content (AvgIpc) is 2.60. The van der Waals surface area contributed by atoms with Crippen molar-refractivity contribution in [1.29, 1.82) is 0 Å². The smallest absolute Gasteiger partial charge is 0.347 e. The van der Waals surface area contributed by atoms with Gasteiger partial charge in [-0.25, -0.2) is 9.78 Å². The van der Waals surface area contributed by atoms with Crippen LogP contribution in [0.25, 0.3) is 10.6 Å². The SMILES string of the molecule is Cc1nc(-c2c(Cl)cccc2Cl)sc1C(=O)O. The van der Waals surface area contributed by atoms with E-state index < -0.39 is 5.97 Å². The zero-order valence-corrected chi connectivity index (χ0v) is 11.0. The van der Waals surface area contributed by atoms with Crippen LogP contribution >= 0.6 is 34.5 Å². The lowest BCUT2D eigenvalue weighted by atomic mass is 10.2. The summed E-state index contributed by atoms with van der Waals surface area (Å²) in [4.78, 5) is 15.3. The van der Waals surface area contributed by atoms with E-state index in [9.17, 15) is 4.79 Å². The second-order valence-corrected chi connectivity index (χ2v) is 5.15. The van der Waals surface area contributed by atoms with Gasteiger partial charge in [0.15, 0.2) is 0 Å². The fourth-order valence-electron chi connectivity index (χ4n) is 1.40. The maximum atomic E-state index is 10.9. The molecule has 0 unspecified atom stereocenters. The third kappa shape index (κ3) is 2.29. The molecule has 17 heavy (non-hydrogen) atoms. The zero-order chi connectivity index (χ0) is 12.6. The van der Waals surface area contributed by atoms with Crippen LogP contribution < -0.4 is 0 Å². The first-order valence-corrected chi connectivity index (χ1v) is 6.23. The van der Waals surface area contributed by atoms with E-state index in [4.69, 9.17) is 28.3 Å². The van der Waals surface area contributed by atoms with E-state index in [1.165, 1.54) is 0 Å². The fourth-order valence-corrected chi connectivity index (χ4v) is 3.07. The molecular formula is C11H7Cl2NO2S. The van der Waals surface area contributed by atoms with Gasteiger partial charge in [0, 0.05) is 5.56 Å². The van der Waals surface area contributed by atoms with Crippen LogP contribution in [0.5, 0.6) is 0 Å². The number of carboxylic acids is 1. The molecule has 1 aromatic carbocycles. The topological polar surface area (TPSA) is 50.2 Å². The van der Waals surface area contributed by atoms with E-state index in [1.54, 1.807) is 25.1 Å². The van der Waals surface area contributed by atoms with Gasteiger partial charge in [-0.1, -0.05) is 29.3 Å². The van der Waals surface area contributed by atoms with Crippen LogP contribution in [-0.4, -0.2) is 16.1 Å². The highest BCUT2D eigenvalue weighted by molar-refractivity contribution is 7.17. The molecular weight excluding hydrogens is 281 g/mol. The van der Waals surface area contributed by atoms with Gasteiger partial charge in [0.1, 0.15) is 9.88 Å². The number of carbonyl (C=O) groups is 1. The number of aromatic nitrogens is 1. The zero-order valence-electron chi connectivity index (χ0n) is 8.70. The van der Waals surface area contributed by atoms with E-state index in [2.05, 4.69) is 4.98 Å². The van der Waals surface area contributed by atoms with Crippen molar-refractivity contribution in [3.05, 3.63) is 38.8 Å². The summed E-state index contributed by atoms with van der Waals surface area (Å²) in [7, 11) is 0. The normalized spacial score (nSPS) is 10.5. The van der Waals surface area contributed by atoms with E-state index >= 15 is 0 Å². The van der Waals surface area contributed by atoms with Crippen molar-refractivity contribution in [3.63, 3.8) is 0 Å². The van der Waals surface area contributed by atoms with Crippen LogP contribution in [-0.2, 0) is 0 Å². The molecule has 2 aromatic rings. The summed E-state index contributed by atoms with van der Waals surface area (Å²) >= 11 is 13.1. The quantitative estimate of drug-likeness (QED) is 0.904. The third-order valence-electron chi connectivity index (χ3n) is 2.17. The van der Waals surface area contributed by atoms with Crippen LogP contribution in [0.2, 0.25) is 10.0 Å². The predicted octanol–water partition coefficient (Wildman–Crippen LogP) is 4.12. The lowest BCUT2D eigenvalue weighted by molar-refractivity contribution is 0.0701. The van der Waals surface area contributed by atoms with Gasteiger partial charge < -0.3 is 5.11 Å². The first kappa shape index (κ1) is 12.4. The number of rotatable bonds is 2. The van der Waals surface area contributed by atoms with Crippen molar-refractivity contribution in [2.45, 2.75) is 6.92 Å². The third-order valence-corrected chi connectivity index (χ3v) is 3.96. The monoisotopic (exact) mass is 287 g/mol. The Morgan fingerprint density at radius 1 is 1.35 bits per heavy atom. The van der Waals surface area contributed by atoms with Crippen LogP contribution in [0, 0.1) is 6.92 Å². The summed E-state index contributed by atoms with van der Waals surface area (Å²) in [5, 5.41) is 10.4. The van der Waals surface area contributed by atoms with Gasteiger partial charge in [0.25, 0.3) is 0 Å². The first-order chi connectivity index (χ1) is 8.00. The summed E-state index contributed by atoms with van der Waals surface area (Å²) in [6.07, 6.45) is 0. The first-order valence-electron chi connectivity index (χ1n) is 4.66. The molecule has 0 aliphatic heterocycles. The van der Waals surface area contributed by atoms with Crippen LogP contribution in [0.3, 0.4) is 0 Å². The lowest BCUT2D eigenvalue weighted by Crippen LogP contribution is -1.94. The molecule has 0 bridgehead atoms. The molecule has 6 heteroatoms. The maximum Gasteiger partial charge on any atom is 0.347 e. The van der Waals surface area contributed by atoms with Gasteiger partial charge in [-0.2, -0.15) is 0 Å². The molecule has 0 saturated heterocycles. The van der Waals surface area contributed by atoms with Crippen molar-refractivity contribution in [3.8, 4) is 10.6 Å². The van der Waals surface area contributed by atoms with Gasteiger partial charge in [-0.15, -0.1) is 11.3 Å². The molecule has 0 aliphatic carbocycles. The van der Waals surface area contributed by atoms with E-state index in [0.29, 0.717) is 26.3 Å². The molecule has 0 aliphatic rings. The van der Waals surface area contributed by atoms with Crippen molar-refractivity contribution >= 4 is 40.5 Å². The molecule has 1 heterocycles. The second kappa shape index (κ2) is 4.64. The highest BCUT2D eigenvalue weighted by atomic mass is 35.5. The summed E-state index contributed by atoms with van der Waals surface area (Å²) in [6.45, 7) is 1.65. The van der Waals surface area contributed by atoms with Gasteiger partial charge in [-0.05, 0) is 19.1 Å². The Hall–Kier alpha value is -1.10. The second-order valence-electron chi connectivity index (χ2n) is 3.34. The molecule has 0 amide bonds. The average molecular weight is 288 g/mol. The predicted molar refractivity (Wildman–Crippen MR) is 69.3 cm³/mol. The largest absolute Gasteiger partial charge is 0.477 e. The Kier molecular flexibility index (Phi) is 3.38. The Labute approximate surface area is 112 Å². The number of thiazole rings is 1. The number of hydrogen-bond donors (Lipinski definition) is 1. The van der Waals surface area contributed by atoms with Gasteiger partial charge in [0.05, 0.1) is 15.7 Å². The van der Waals surface area contributed by atoms with Crippen LogP contribution in [0.1, 0.15) is 15.4 Å². The fraction of sp³-hybridized carbons (Fsp3) is 0.0909. The van der Waals surface area contributed by atoms with Crippen LogP contribution in [0.4, 0.5) is 0 Å².